The van der Waals surface area contributed by atoms with Gasteiger partial charge in [0.2, 0.25) is 0 Å². The summed E-state index contributed by atoms with van der Waals surface area (Å²) in [5, 5.41) is 0. The number of thiophene rings is 1. The topological polar surface area (TPSA) is 72.1 Å². The maximum Gasteiger partial charge on any atom is 0.265 e. The molecule has 0 aromatic carbocycles. The van der Waals surface area contributed by atoms with Crippen molar-refractivity contribution in [1.29, 1.82) is 0 Å². The van der Waals surface area contributed by atoms with Crippen LogP contribution in [0.3, 0.4) is 0 Å². The zero-order chi connectivity index (χ0) is 14.0. The summed E-state index contributed by atoms with van der Waals surface area (Å²) in [5.41, 5.74) is 7.05. The van der Waals surface area contributed by atoms with Crippen LogP contribution < -0.4 is 5.73 Å². The Kier molecular flexibility index (Phi) is 3.99. The van der Waals surface area contributed by atoms with E-state index >= 15 is 0 Å². The SMILES string of the molecule is CC(C)CCN(C)C(=O)c1sc2nccnc2c1N. The van der Waals surface area contributed by atoms with Crippen molar-refractivity contribution in [2.24, 2.45) is 5.92 Å². The van der Waals surface area contributed by atoms with E-state index in [-0.39, 0.29) is 5.91 Å². The summed E-state index contributed by atoms with van der Waals surface area (Å²) >= 11 is 1.30. The van der Waals surface area contributed by atoms with Gasteiger partial charge in [-0.15, -0.1) is 11.3 Å². The predicted octanol–water partition coefficient (Wildman–Crippen LogP) is 2.39. The summed E-state index contributed by atoms with van der Waals surface area (Å²) in [7, 11) is 1.80. The molecule has 0 bridgehead atoms. The molecule has 0 unspecified atom stereocenters. The van der Waals surface area contributed by atoms with Crippen molar-refractivity contribution >= 4 is 33.3 Å². The van der Waals surface area contributed by atoms with E-state index in [4.69, 9.17) is 5.73 Å². The molecule has 2 aromatic heterocycles. The van der Waals surface area contributed by atoms with Gasteiger partial charge in [-0.05, 0) is 12.3 Å². The lowest BCUT2D eigenvalue weighted by atomic mass is 10.1. The molecule has 0 aliphatic carbocycles. The van der Waals surface area contributed by atoms with Crippen LogP contribution in [0.25, 0.3) is 10.3 Å². The molecule has 0 atom stereocenters. The third-order valence-corrected chi connectivity index (χ3v) is 4.04. The molecule has 1 amide bonds. The second-order valence-corrected chi connectivity index (χ2v) is 5.96. The minimum absolute atomic E-state index is 0.0528. The van der Waals surface area contributed by atoms with Crippen LogP contribution in [0, 0.1) is 5.92 Å². The largest absolute Gasteiger partial charge is 0.396 e. The monoisotopic (exact) mass is 278 g/mol. The van der Waals surface area contributed by atoms with E-state index in [0.717, 1.165) is 13.0 Å². The number of hydrogen-bond donors (Lipinski definition) is 1. The van der Waals surface area contributed by atoms with Gasteiger partial charge in [0.05, 0.1) is 5.69 Å². The molecule has 2 aromatic rings. The van der Waals surface area contributed by atoms with Crippen molar-refractivity contribution in [2.45, 2.75) is 20.3 Å². The fourth-order valence-electron chi connectivity index (χ4n) is 1.73. The van der Waals surface area contributed by atoms with Crippen molar-refractivity contribution in [3.05, 3.63) is 17.3 Å². The average Bonchev–Trinajstić information content (AvgIpc) is 2.73. The zero-order valence-corrected chi connectivity index (χ0v) is 12.2. The number of carbonyl (C=O) groups excluding carboxylic acids is 1. The fraction of sp³-hybridized carbons (Fsp3) is 0.462. The Morgan fingerprint density at radius 1 is 1.42 bits per heavy atom. The first-order valence-corrected chi connectivity index (χ1v) is 7.06. The number of hydrogen-bond acceptors (Lipinski definition) is 5. The molecule has 5 nitrogen and oxygen atoms in total. The molecular weight excluding hydrogens is 260 g/mol. The maximum absolute atomic E-state index is 12.3. The van der Waals surface area contributed by atoms with Gasteiger partial charge in [-0.25, -0.2) is 9.97 Å². The van der Waals surface area contributed by atoms with Crippen molar-refractivity contribution in [2.75, 3.05) is 19.3 Å². The molecule has 6 heteroatoms. The van der Waals surface area contributed by atoms with Crippen molar-refractivity contribution in [3.8, 4) is 0 Å². The second kappa shape index (κ2) is 5.52. The minimum atomic E-state index is -0.0528. The highest BCUT2D eigenvalue weighted by Crippen LogP contribution is 2.31. The molecule has 2 rings (SSSR count). The van der Waals surface area contributed by atoms with Gasteiger partial charge in [-0.3, -0.25) is 4.79 Å². The van der Waals surface area contributed by atoms with Crippen LogP contribution in [0.15, 0.2) is 12.4 Å². The predicted molar refractivity (Wildman–Crippen MR) is 78.2 cm³/mol. The van der Waals surface area contributed by atoms with Crippen LogP contribution in [0.2, 0.25) is 0 Å². The Bertz CT molecular complexity index is 593. The Hall–Kier alpha value is -1.69. The van der Waals surface area contributed by atoms with E-state index < -0.39 is 0 Å². The smallest absolute Gasteiger partial charge is 0.265 e. The number of nitrogen functional groups attached to an aromatic ring is 1. The first-order chi connectivity index (χ1) is 9.00. The highest BCUT2D eigenvalue weighted by Gasteiger charge is 2.20. The maximum atomic E-state index is 12.3. The normalized spacial score (nSPS) is 11.2. The molecule has 0 aliphatic rings. The third-order valence-electron chi connectivity index (χ3n) is 2.95. The highest BCUT2D eigenvalue weighted by atomic mass is 32.1. The van der Waals surface area contributed by atoms with E-state index in [1.165, 1.54) is 11.3 Å². The number of carbonyl (C=O) groups is 1. The standard InChI is InChI=1S/C13H18N4OS/c1-8(2)4-7-17(3)13(18)11-9(14)10-12(19-11)16-6-5-15-10/h5-6,8H,4,7,14H2,1-3H3. The summed E-state index contributed by atoms with van der Waals surface area (Å²) < 4.78 is 0. The molecular formula is C13H18N4OS. The second-order valence-electron chi connectivity index (χ2n) is 4.96. The van der Waals surface area contributed by atoms with Crippen LogP contribution in [0.4, 0.5) is 5.69 Å². The van der Waals surface area contributed by atoms with E-state index in [0.29, 0.717) is 26.8 Å². The molecule has 0 radical (unpaired) electrons. The van der Waals surface area contributed by atoms with Gasteiger partial charge in [0.25, 0.3) is 5.91 Å². The van der Waals surface area contributed by atoms with Crippen LogP contribution in [0.5, 0.6) is 0 Å². The number of anilines is 1. The highest BCUT2D eigenvalue weighted by molar-refractivity contribution is 7.21. The summed E-state index contributed by atoms with van der Waals surface area (Å²) in [4.78, 5) is 23.7. The van der Waals surface area contributed by atoms with Gasteiger partial charge < -0.3 is 10.6 Å². The van der Waals surface area contributed by atoms with Crippen LogP contribution in [-0.4, -0.2) is 34.4 Å². The van der Waals surface area contributed by atoms with E-state index in [9.17, 15) is 4.79 Å². The molecule has 2 N–H and O–H groups in total. The first-order valence-electron chi connectivity index (χ1n) is 6.25. The van der Waals surface area contributed by atoms with E-state index in [2.05, 4.69) is 23.8 Å². The number of amides is 1. The van der Waals surface area contributed by atoms with Crippen molar-refractivity contribution in [1.82, 2.24) is 14.9 Å². The Morgan fingerprint density at radius 2 is 2.11 bits per heavy atom. The summed E-state index contributed by atoms with van der Waals surface area (Å²) in [6.07, 6.45) is 4.17. The Balaban J connectivity index is 2.24. The van der Waals surface area contributed by atoms with Gasteiger partial charge in [0.15, 0.2) is 0 Å². The number of rotatable bonds is 4. The van der Waals surface area contributed by atoms with Gasteiger partial charge >= 0.3 is 0 Å². The van der Waals surface area contributed by atoms with Gasteiger partial charge in [0.1, 0.15) is 15.2 Å². The van der Waals surface area contributed by atoms with Crippen LogP contribution >= 0.6 is 11.3 Å². The van der Waals surface area contributed by atoms with Crippen LogP contribution in [-0.2, 0) is 0 Å². The van der Waals surface area contributed by atoms with E-state index in [1.807, 2.05) is 0 Å². The molecule has 0 fully saturated rings. The van der Waals surface area contributed by atoms with Crippen molar-refractivity contribution in [3.63, 3.8) is 0 Å². The van der Waals surface area contributed by atoms with Crippen LogP contribution in [0.1, 0.15) is 29.9 Å². The summed E-state index contributed by atoms with van der Waals surface area (Å²) in [6.45, 7) is 5.00. The van der Waals surface area contributed by atoms with Crippen molar-refractivity contribution < 1.29 is 4.79 Å². The summed E-state index contributed by atoms with van der Waals surface area (Å²) in [6, 6.07) is 0. The molecule has 102 valence electrons. The molecule has 0 saturated carbocycles. The lowest BCUT2D eigenvalue weighted by Gasteiger charge is -2.17. The molecule has 0 spiro atoms. The van der Waals surface area contributed by atoms with Gasteiger partial charge in [-0.2, -0.15) is 0 Å². The zero-order valence-electron chi connectivity index (χ0n) is 11.4. The summed E-state index contributed by atoms with van der Waals surface area (Å²) in [5.74, 6) is 0.515. The number of nitrogens with two attached hydrogens (primary N) is 1. The first kappa shape index (κ1) is 13.7. The lowest BCUT2D eigenvalue weighted by molar-refractivity contribution is 0.0795. The number of fused-ring (bicyclic) bond motifs is 1. The average molecular weight is 278 g/mol. The lowest BCUT2D eigenvalue weighted by Crippen LogP contribution is -2.28. The van der Waals surface area contributed by atoms with E-state index in [1.54, 1.807) is 24.3 Å². The molecule has 0 aliphatic heterocycles. The number of aromatic nitrogens is 2. The Labute approximate surface area is 116 Å². The fourth-order valence-corrected chi connectivity index (χ4v) is 2.75. The third kappa shape index (κ3) is 2.84. The minimum Gasteiger partial charge on any atom is -0.396 e. The Morgan fingerprint density at radius 3 is 2.74 bits per heavy atom. The molecule has 19 heavy (non-hydrogen) atoms. The quantitative estimate of drug-likeness (QED) is 0.932. The van der Waals surface area contributed by atoms with Gasteiger partial charge in [0, 0.05) is 26.0 Å². The molecule has 0 saturated heterocycles. The number of nitrogens with zero attached hydrogens (tertiary/aromatic N) is 3. The van der Waals surface area contributed by atoms with Gasteiger partial charge in [-0.1, -0.05) is 13.8 Å². The molecule has 2 heterocycles.